The molecule has 18 heavy (non-hydrogen) atoms. The van der Waals surface area contributed by atoms with Crippen LogP contribution >= 0.6 is 0 Å². The largest absolute Gasteiger partial charge is 0.401 e. The van der Waals surface area contributed by atoms with E-state index in [2.05, 4.69) is 4.90 Å². The Bertz CT molecular complexity index is 225. The van der Waals surface area contributed by atoms with Crippen molar-refractivity contribution in [1.82, 2.24) is 9.80 Å². The van der Waals surface area contributed by atoms with Gasteiger partial charge in [0, 0.05) is 19.1 Å². The van der Waals surface area contributed by atoms with Gasteiger partial charge in [-0.05, 0) is 38.9 Å². The molecule has 2 N–H and O–H groups in total. The quantitative estimate of drug-likeness (QED) is 0.795. The highest BCUT2D eigenvalue weighted by Crippen LogP contribution is 2.17. The summed E-state index contributed by atoms with van der Waals surface area (Å²) in [6.07, 6.45) is -1.44. The second-order valence-electron chi connectivity index (χ2n) is 5.07. The molecular weight excluding hydrogens is 243 g/mol. The average Bonchev–Trinajstić information content (AvgIpc) is 2.26. The minimum atomic E-state index is -4.10. The van der Waals surface area contributed by atoms with Gasteiger partial charge in [0.2, 0.25) is 0 Å². The lowest BCUT2D eigenvalue weighted by Crippen LogP contribution is -2.44. The summed E-state index contributed by atoms with van der Waals surface area (Å²) in [6.45, 7) is 4.63. The zero-order valence-electron chi connectivity index (χ0n) is 11.0. The zero-order valence-corrected chi connectivity index (χ0v) is 11.0. The van der Waals surface area contributed by atoms with E-state index in [0.717, 1.165) is 32.4 Å². The molecule has 0 aromatic heterocycles. The van der Waals surface area contributed by atoms with Gasteiger partial charge in [0.25, 0.3) is 0 Å². The summed E-state index contributed by atoms with van der Waals surface area (Å²) in [6, 6.07) is 0.267. The number of nitrogens with zero attached hydrogens (tertiary/aromatic N) is 2. The van der Waals surface area contributed by atoms with Crippen LogP contribution in [-0.4, -0.2) is 61.3 Å². The third-order valence-corrected chi connectivity index (χ3v) is 3.31. The predicted molar refractivity (Wildman–Crippen MR) is 66.4 cm³/mol. The molecule has 0 unspecified atom stereocenters. The number of piperidine rings is 1. The second kappa shape index (κ2) is 7.31. The molecule has 108 valence electrons. The predicted octanol–water partition coefficient (Wildman–Crippen LogP) is 1.68. The minimum absolute atomic E-state index is 0.267. The van der Waals surface area contributed by atoms with Gasteiger partial charge in [0.15, 0.2) is 0 Å². The van der Waals surface area contributed by atoms with Crippen molar-refractivity contribution < 1.29 is 13.2 Å². The number of likely N-dealkylation sites (tertiary alicyclic amines) is 1. The van der Waals surface area contributed by atoms with E-state index in [1.165, 1.54) is 4.90 Å². The molecule has 0 aliphatic carbocycles. The molecule has 1 aliphatic rings. The van der Waals surface area contributed by atoms with Crippen LogP contribution in [0.4, 0.5) is 13.2 Å². The van der Waals surface area contributed by atoms with E-state index >= 15 is 0 Å². The molecule has 0 amide bonds. The van der Waals surface area contributed by atoms with E-state index in [1.54, 1.807) is 0 Å². The highest BCUT2D eigenvalue weighted by molar-refractivity contribution is 4.75. The molecule has 6 heteroatoms. The summed E-state index contributed by atoms with van der Waals surface area (Å²) in [4.78, 5) is 3.71. The number of nitrogens with two attached hydrogens (primary N) is 1. The van der Waals surface area contributed by atoms with Crippen molar-refractivity contribution in [3.63, 3.8) is 0 Å². The Morgan fingerprint density at radius 1 is 1.22 bits per heavy atom. The molecule has 0 radical (unpaired) electrons. The zero-order chi connectivity index (χ0) is 13.6. The maximum absolute atomic E-state index is 12.4. The molecule has 1 heterocycles. The van der Waals surface area contributed by atoms with E-state index < -0.39 is 12.7 Å². The highest BCUT2D eigenvalue weighted by Gasteiger charge is 2.30. The first-order valence-corrected chi connectivity index (χ1v) is 6.67. The van der Waals surface area contributed by atoms with Crippen molar-refractivity contribution in [3.8, 4) is 0 Å². The number of rotatable bonds is 6. The molecular formula is C12H24F3N3. The van der Waals surface area contributed by atoms with Crippen molar-refractivity contribution in [3.05, 3.63) is 0 Å². The van der Waals surface area contributed by atoms with E-state index in [-0.39, 0.29) is 6.04 Å². The minimum Gasteiger partial charge on any atom is -0.328 e. The van der Waals surface area contributed by atoms with Crippen molar-refractivity contribution in [2.24, 2.45) is 5.73 Å². The summed E-state index contributed by atoms with van der Waals surface area (Å²) in [7, 11) is 0. The van der Waals surface area contributed by atoms with Crippen LogP contribution in [0.15, 0.2) is 0 Å². The Kier molecular flexibility index (Phi) is 6.38. The third kappa shape index (κ3) is 6.56. The summed E-state index contributed by atoms with van der Waals surface area (Å²) in [5.41, 5.74) is 5.80. The Balaban J connectivity index is 2.28. The fourth-order valence-electron chi connectivity index (χ4n) is 2.30. The topological polar surface area (TPSA) is 32.5 Å². The summed E-state index contributed by atoms with van der Waals surface area (Å²) >= 11 is 0. The van der Waals surface area contributed by atoms with E-state index in [1.807, 2.05) is 6.92 Å². The summed E-state index contributed by atoms with van der Waals surface area (Å²) in [5.74, 6) is 0. The molecule has 1 fully saturated rings. The van der Waals surface area contributed by atoms with E-state index in [4.69, 9.17) is 5.73 Å². The molecule has 0 bridgehead atoms. The lowest BCUT2D eigenvalue weighted by atomic mass is 10.1. The normalized spacial score (nSPS) is 19.7. The monoisotopic (exact) mass is 267 g/mol. The molecule has 0 atom stereocenters. The van der Waals surface area contributed by atoms with Gasteiger partial charge in [-0.3, -0.25) is 4.90 Å². The van der Waals surface area contributed by atoms with Gasteiger partial charge in [0.1, 0.15) is 0 Å². The SMILES string of the molecule is CCCN(CCN1CCC(N)CC1)CC(F)(F)F. The molecule has 0 aromatic rings. The Hall–Kier alpha value is -0.330. The van der Waals surface area contributed by atoms with Crippen LogP contribution in [0.1, 0.15) is 26.2 Å². The van der Waals surface area contributed by atoms with Crippen LogP contribution in [0.25, 0.3) is 0 Å². The summed E-state index contributed by atoms with van der Waals surface area (Å²) < 4.78 is 37.1. The summed E-state index contributed by atoms with van der Waals surface area (Å²) in [5, 5.41) is 0. The Morgan fingerprint density at radius 2 is 1.83 bits per heavy atom. The van der Waals surface area contributed by atoms with Crippen molar-refractivity contribution in [2.75, 3.05) is 39.3 Å². The molecule has 1 aliphatic heterocycles. The standard InChI is InChI=1S/C12H24F3N3/c1-2-5-18(10-12(13,14)15)9-8-17-6-3-11(16)4-7-17/h11H,2-10,16H2,1H3. The maximum atomic E-state index is 12.4. The van der Waals surface area contributed by atoms with Gasteiger partial charge in [-0.25, -0.2) is 0 Å². The molecule has 0 spiro atoms. The lowest BCUT2D eigenvalue weighted by Gasteiger charge is -2.32. The van der Waals surface area contributed by atoms with Crippen LogP contribution < -0.4 is 5.73 Å². The lowest BCUT2D eigenvalue weighted by molar-refractivity contribution is -0.146. The van der Waals surface area contributed by atoms with Crippen molar-refractivity contribution >= 4 is 0 Å². The molecule has 0 aromatic carbocycles. The number of alkyl halides is 3. The number of hydrogen-bond acceptors (Lipinski definition) is 3. The Labute approximate surface area is 107 Å². The first-order valence-electron chi connectivity index (χ1n) is 6.67. The molecule has 0 saturated carbocycles. The van der Waals surface area contributed by atoms with Crippen molar-refractivity contribution in [2.45, 2.75) is 38.4 Å². The van der Waals surface area contributed by atoms with Crippen LogP contribution in [0.3, 0.4) is 0 Å². The average molecular weight is 267 g/mol. The number of hydrogen-bond donors (Lipinski definition) is 1. The van der Waals surface area contributed by atoms with Gasteiger partial charge in [-0.15, -0.1) is 0 Å². The van der Waals surface area contributed by atoms with Crippen LogP contribution in [0, 0.1) is 0 Å². The Morgan fingerprint density at radius 3 is 2.33 bits per heavy atom. The van der Waals surface area contributed by atoms with Gasteiger partial charge in [-0.1, -0.05) is 6.92 Å². The first-order chi connectivity index (χ1) is 8.40. The van der Waals surface area contributed by atoms with Crippen molar-refractivity contribution in [1.29, 1.82) is 0 Å². The van der Waals surface area contributed by atoms with Crippen LogP contribution in [-0.2, 0) is 0 Å². The first kappa shape index (κ1) is 15.7. The number of halogens is 3. The molecule has 1 rings (SSSR count). The van der Waals surface area contributed by atoms with Crippen LogP contribution in [0.5, 0.6) is 0 Å². The highest BCUT2D eigenvalue weighted by atomic mass is 19.4. The van der Waals surface area contributed by atoms with Gasteiger partial charge in [-0.2, -0.15) is 13.2 Å². The van der Waals surface area contributed by atoms with E-state index in [9.17, 15) is 13.2 Å². The smallest absolute Gasteiger partial charge is 0.328 e. The molecule has 3 nitrogen and oxygen atoms in total. The maximum Gasteiger partial charge on any atom is 0.401 e. The fraction of sp³-hybridized carbons (Fsp3) is 1.00. The van der Waals surface area contributed by atoms with E-state index in [0.29, 0.717) is 19.6 Å². The fourth-order valence-corrected chi connectivity index (χ4v) is 2.30. The molecule has 1 saturated heterocycles. The van der Waals surface area contributed by atoms with Gasteiger partial charge >= 0.3 is 6.18 Å². The third-order valence-electron chi connectivity index (χ3n) is 3.31. The second-order valence-corrected chi connectivity index (χ2v) is 5.07. The van der Waals surface area contributed by atoms with Gasteiger partial charge in [0.05, 0.1) is 6.54 Å². The van der Waals surface area contributed by atoms with Gasteiger partial charge < -0.3 is 10.6 Å². The van der Waals surface area contributed by atoms with Crippen LogP contribution in [0.2, 0.25) is 0 Å².